The maximum atomic E-state index is 12.2. The zero-order chi connectivity index (χ0) is 15.7. The van der Waals surface area contributed by atoms with E-state index in [2.05, 4.69) is 17.0 Å². The molecule has 0 amide bonds. The van der Waals surface area contributed by atoms with Crippen LogP contribution in [0, 0.1) is 0 Å². The molecule has 0 aliphatic carbocycles. The summed E-state index contributed by atoms with van der Waals surface area (Å²) < 4.78 is 33.6. The van der Waals surface area contributed by atoms with Crippen molar-refractivity contribution in [3.05, 3.63) is 24.2 Å². The lowest BCUT2D eigenvalue weighted by Gasteiger charge is -2.20. The molecule has 0 bridgehead atoms. The van der Waals surface area contributed by atoms with Gasteiger partial charge in [0.05, 0.1) is 6.26 Å². The van der Waals surface area contributed by atoms with Crippen molar-refractivity contribution in [2.24, 2.45) is 0 Å². The Hall–Kier alpha value is -0.890. The maximum absolute atomic E-state index is 12.2. The van der Waals surface area contributed by atoms with E-state index < -0.39 is 10.2 Å². The van der Waals surface area contributed by atoms with Crippen LogP contribution in [-0.4, -0.2) is 45.4 Å². The fourth-order valence-corrected chi connectivity index (χ4v) is 3.11. The summed E-state index contributed by atoms with van der Waals surface area (Å²) in [6, 6.07) is 3.43. The van der Waals surface area contributed by atoms with Crippen LogP contribution in [0.1, 0.15) is 32.4 Å². The topological polar surface area (TPSA) is 74.6 Å². The van der Waals surface area contributed by atoms with Crippen molar-refractivity contribution in [1.82, 2.24) is 14.3 Å². The lowest BCUT2D eigenvalue weighted by atomic mass is 10.2. The van der Waals surface area contributed by atoms with Gasteiger partial charge in [-0.2, -0.15) is 17.4 Å². The first-order valence-electron chi connectivity index (χ1n) is 7.42. The van der Waals surface area contributed by atoms with E-state index in [9.17, 15) is 8.42 Å². The van der Waals surface area contributed by atoms with Gasteiger partial charge in [-0.25, -0.2) is 0 Å². The minimum absolute atomic E-state index is 0.207. The molecule has 122 valence electrons. The highest BCUT2D eigenvalue weighted by Gasteiger charge is 2.20. The Morgan fingerprint density at radius 3 is 2.76 bits per heavy atom. The minimum atomic E-state index is -3.44. The second-order valence-corrected chi connectivity index (χ2v) is 7.04. The van der Waals surface area contributed by atoms with Crippen LogP contribution in [0.15, 0.2) is 22.8 Å². The van der Waals surface area contributed by atoms with Crippen molar-refractivity contribution in [3.8, 4) is 0 Å². The molecule has 1 rings (SSSR count). The van der Waals surface area contributed by atoms with Gasteiger partial charge in [0.15, 0.2) is 0 Å². The molecule has 1 aromatic heterocycles. The third-order valence-electron chi connectivity index (χ3n) is 3.10. The Morgan fingerprint density at radius 2 is 2.14 bits per heavy atom. The van der Waals surface area contributed by atoms with E-state index in [-0.39, 0.29) is 6.04 Å². The average Bonchev–Trinajstić information content (AvgIpc) is 2.90. The molecule has 0 aliphatic rings. The van der Waals surface area contributed by atoms with Gasteiger partial charge in [0, 0.05) is 26.1 Å². The number of furan rings is 1. The van der Waals surface area contributed by atoms with E-state index in [4.69, 9.17) is 4.42 Å². The Balaban J connectivity index is 2.33. The quantitative estimate of drug-likeness (QED) is 0.605. The van der Waals surface area contributed by atoms with Crippen LogP contribution in [0.4, 0.5) is 0 Å². The molecule has 1 heterocycles. The molecule has 7 heteroatoms. The molecular weight excluding hydrogens is 290 g/mol. The Labute approximate surface area is 128 Å². The van der Waals surface area contributed by atoms with Crippen molar-refractivity contribution >= 4 is 10.2 Å². The van der Waals surface area contributed by atoms with Crippen molar-refractivity contribution in [3.63, 3.8) is 0 Å². The van der Waals surface area contributed by atoms with E-state index >= 15 is 0 Å². The average molecular weight is 317 g/mol. The monoisotopic (exact) mass is 317 g/mol. The summed E-state index contributed by atoms with van der Waals surface area (Å²) in [5.41, 5.74) is 0. The second-order valence-electron chi connectivity index (χ2n) is 5.23. The predicted molar refractivity (Wildman–Crippen MR) is 84.3 cm³/mol. The smallest absolute Gasteiger partial charge is 0.279 e. The zero-order valence-electron chi connectivity index (χ0n) is 13.1. The highest BCUT2D eigenvalue weighted by atomic mass is 32.2. The van der Waals surface area contributed by atoms with Gasteiger partial charge in [0.25, 0.3) is 10.2 Å². The van der Waals surface area contributed by atoms with E-state index in [1.807, 2.05) is 13.0 Å². The summed E-state index contributed by atoms with van der Waals surface area (Å²) in [4.78, 5) is 0. The summed E-state index contributed by atoms with van der Waals surface area (Å²) in [5, 5.41) is 3.26. The first-order valence-corrected chi connectivity index (χ1v) is 8.86. The molecule has 2 N–H and O–H groups in total. The third-order valence-corrected chi connectivity index (χ3v) is 4.80. The Kier molecular flexibility index (Phi) is 7.95. The normalized spacial score (nSPS) is 13.7. The fraction of sp³-hybridized carbons (Fsp3) is 0.714. The summed E-state index contributed by atoms with van der Waals surface area (Å²) in [6.07, 6.45) is 4.01. The molecule has 0 saturated heterocycles. The van der Waals surface area contributed by atoms with Crippen LogP contribution >= 0.6 is 0 Å². The molecule has 0 aromatic carbocycles. The molecule has 1 aromatic rings. The van der Waals surface area contributed by atoms with Crippen LogP contribution < -0.4 is 10.0 Å². The molecule has 1 unspecified atom stereocenters. The van der Waals surface area contributed by atoms with E-state index in [0.717, 1.165) is 31.7 Å². The first kappa shape index (κ1) is 18.2. The molecule has 0 fully saturated rings. The molecule has 0 radical (unpaired) electrons. The highest BCUT2D eigenvalue weighted by molar-refractivity contribution is 7.87. The Morgan fingerprint density at radius 1 is 1.38 bits per heavy atom. The summed E-state index contributed by atoms with van der Waals surface area (Å²) >= 11 is 0. The number of nitrogens with zero attached hydrogens (tertiary/aromatic N) is 1. The van der Waals surface area contributed by atoms with Crippen LogP contribution in [0.3, 0.4) is 0 Å². The van der Waals surface area contributed by atoms with Gasteiger partial charge in [-0.3, -0.25) is 0 Å². The van der Waals surface area contributed by atoms with Gasteiger partial charge in [-0.1, -0.05) is 6.92 Å². The van der Waals surface area contributed by atoms with Gasteiger partial charge < -0.3 is 9.73 Å². The summed E-state index contributed by atoms with van der Waals surface area (Å²) in [7, 11) is -1.84. The molecule has 6 nitrogen and oxygen atoms in total. The van der Waals surface area contributed by atoms with Gasteiger partial charge in [-0.15, -0.1) is 0 Å². The Bertz CT molecular complexity index is 474. The van der Waals surface area contributed by atoms with Crippen molar-refractivity contribution in [1.29, 1.82) is 0 Å². The standard InChI is InChI=1S/C14H27N3O3S/c1-4-8-15-9-6-10-17(3)21(18,19)16-13(2)12-14-7-5-11-20-14/h5,7,11,13,15-16H,4,6,8-10,12H2,1-3H3. The molecule has 0 spiro atoms. The second kappa shape index (κ2) is 9.19. The van der Waals surface area contributed by atoms with Gasteiger partial charge in [-0.05, 0) is 45.0 Å². The van der Waals surface area contributed by atoms with Gasteiger partial charge in [0.2, 0.25) is 0 Å². The number of hydrogen-bond acceptors (Lipinski definition) is 4. The van der Waals surface area contributed by atoms with E-state index in [1.165, 1.54) is 4.31 Å². The largest absolute Gasteiger partial charge is 0.469 e. The first-order chi connectivity index (χ1) is 9.95. The zero-order valence-corrected chi connectivity index (χ0v) is 13.9. The molecular formula is C14H27N3O3S. The van der Waals surface area contributed by atoms with Crippen molar-refractivity contribution in [2.45, 2.75) is 39.2 Å². The number of rotatable bonds is 11. The SMILES string of the molecule is CCCNCCCN(C)S(=O)(=O)NC(C)Cc1ccco1. The van der Waals surface area contributed by atoms with Crippen molar-refractivity contribution in [2.75, 3.05) is 26.7 Å². The molecule has 21 heavy (non-hydrogen) atoms. The van der Waals surface area contributed by atoms with Crippen molar-refractivity contribution < 1.29 is 12.8 Å². The highest BCUT2D eigenvalue weighted by Crippen LogP contribution is 2.06. The third kappa shape index (κ3) is 7.08. The van der Waals surface area contributed by atoms with Crippen LogP contribution in [0.25, 0.3) is 0 Å². The molecule has 0 aliphatic heterocycles. The molecule has 0 saturated carbocycles. The number of hydrogen-bond donors (Lipinski definition) is 2. The lowest BCUT2D eigenvalue weighted by molar-refractivity contribution is 0.430. The fourth-order valence-electron chi connectivity index (χ4n) is 1.97. The van der Waals surface area contributed by atoms with Gasteiger partial charge in [0.1, 0.15) is 5.76 Å². The predicted octanol–water partition coefficient (Wildman–Crippen LogP) is 1.37. The summed E-state index contributed by atoms with van der Waals surface area (Å²) in [5.74, 6) is 0.775. The van der Waals surface area contributed by atoms with Crippen LogP contribution in [-0.2, 0) is 16.6 Å². The van der Waals surface area contributed by atoms with E-state index in [0.29, 0.717) is 13.0 Å². The molecule has 1 atom stereocenters. The summed E-state index contributed by atoms with van der Waals surface area (Å²) in [6.45, 7) is 6.23. The van der Waals surface area contributed by atoms with Gasteiger partial charge >= 0.3 is 0 Å². The lowest BCUT2D eigenvalue weighted by Crippen LogP contribution is -2.44. The minimum Gasteiger partial charge on any atom is -0.469 e. The number of nitrogens with one attached hydrogen (secondary N) is 2. The maximum Gasteiger partial charge on any atom is 0.279 e. The van der Waals surface area contributed by atoms with Crippen LogP contribution in [0.5, 0.6) is 0 Å². The van der Waals surface area contributed by atoms with Crippen LogP contribution in [0.2, 0.25) is 0 Å². The van der Waals surface area contributed by atoms with E-state index in [1.54, 1.807) is 19.4 Å².